The van der Waals surface area contributed by atoms with Gasteiger partial charge in [-0.15, -0.1) is 11.3 Å². The number of thiophene rings is 1. The average Bonchev–Trinajstić information content (AvgIpc) is 2.96. The van der Waals surface area contributed by atoms with Crippen LogP contribution < -0.4 is 0 Å². The second-order valence-electron chi connectivity index (χ2n) is 4.20. The second kappa shape index (κ2) is 5.00. The third kappa shape index (κ3) is 2.30. The summed E-state index contributed by atoms with van der Waals surface area (Å²) in [6.07, 6.45) is 1.30. The van der Waals surface area contributed by atoms with Gasteiger partial charge >= 0.3 is 0 Å². The van der Waals surface area contributed by atoms with Crippen LogP contribution >= 0.6 is 27.3 Å². The molecule has 2 aromatic heterocycles. The van der Waals surface area contributed by atoms with Gasteiger partial charge in [-0.3, -0.25) is 9.59 Å². The molecule has 0 bridgehead atoms. The van der Waals surface area contributed by atoms with Crippen LogP contribution in [0.2, 0.25) is 0 Å². The van der Waals surface area contributed by atoms with Gasteiger partial charge in [0, 0.05) is 6.20 Å². The molecule has 0 atom stereocenters. The Morgan fingerprint density at radius 2 is 2.10 bits per heavy atom. The van der Waals surface area contributed by atoms with Crippen molar-refractivity contribution in [3.63, 3.8) is 0 Å². The highest BCUT2D eigenvalue weighted by atomic mass is 79.9. The van der Waals surface area contributed by atoms with Crippen molar-refractivity contribution in [3.8, 4) is 0 Å². The molecule has 0 radical (unpaired) electrons. The lowest BCUT2D eigenvalue weighted by Crippen LogP contribution is -2.34. The van der Waals surface area contributed by atoms with Crippen molar-refractivity contribution in [3.05, 3.63) is 44.7 Å². The lowest BCUT2D eigenvalue weighted by Gasteiger charge is -2.12. The summed E-state index contributed by atoms with van der Waals surface area (Å²) in [4.78, 5) is 28.4. The monoisotopic (exact) mass is 386 g/mol. The van der Waals surface area contributed by atoms with Gasteiger partial charge in [-0.2, -0.15) is 8.42 Å². The van der Waals surface area contributed by atoms with Gasteiger partial charge in [0.1, 0.15) is 6.54 Å². The van der Waals surface area contributed by atoms with Crippen LogP contribution in [0, 0.1) is 0 Å². The molecule has 21 heavy (non-hydrogen) atoms. The Morgan fingerprint density at radius 1 is 1.33 bits per heavy atom. The van der Waals surface area contributed by atoms with Crippen molar-refractivity contribution in [2.45, 2.75) is 5.03 Å². The second-order valence-corrected chi connectivity index (χ2v) is 8.44. The molecule has 1 aliphatic rings. The highest BCUT2D eigenvalue weighted by Crippen LogP contribution is 2.29. The zero-order chi connectivity index (χ0) is 15.2. The van der Waals surface area contributed by atoms with E-state index in [1.807, 2.05) is 0 Å². The molecular formula is C12H7BrN2O4S2. The molecule has 9 heteroatoms. The number of amides is 1. The summed E-state index contributed by atoms with van der Waals surface area (Å²) >= 11 is 4.41. The number of aromatic nitrogens is 1. The predicted octanol–water partition coefficient (Wildman–Crippen LogP) is 1.93. The SMILES string of the molecule is O=C(CN1C(=O)c2cccnc2S1(=O)=O)c1ccc(Br)s1. The maximum Gasteiger partial charge on any atom is 0.285 e. The van der Waals surface area contributed by atoms with E-state index in [1.165, 1.54) is 29.7 Å². The number of carbonyl (C=O) groups excluding carboxylic acids is 2. The van der Waals surface area contributed by atoms with E-state index < -0.39 is 28.3 Å². The number of halogens is 1. The van der Waals surface area contributed by atoms with E-state index in [1.54, 1.807) is 12.1 Å². The zero-order valence-electron chi connectivity index (χ0n) is 10.3. The summed E-state index contributed by atoms with van der Waals surface area (Å²) in [7, 11) is -4.05. The van der Waals surface area contributed by atoms with Crippen LogP contribution in [0.15, 0.2) is 39.3 Å². The van der Waals surface area contributed by atoms with Crippen molar-refractivity contribution in [2.24, 2.45) is 0 Å². The van der Waals surface area contributed by atoms with Crippen LogP contribution in [0.25, 0.3) is 0 Å². The highest BCUT2D eigenvalue weighted by Gasteiger charge is 2.43. The van der Waals surface area contributed by atoms with Crippen LogP contribution in [-0.4, -0.2) is 35.9 Å². The van der Waals surface area contributed by atoms with Crippen LogP contribution in [0.4, 0.5) is 0 Å². The smallest absolute Gasteiger partial charge is 0.285 e. The normalized spacial score (nSPS) is 16.0. The fourth-order valence-corrected chi connectivity index (χ4v) is 4.69. The van der Waals surface area contributed by atoms with Gasteiger partial charge in [0.15, 0.2) is 10.8 Å². The minimum Gasteiger partial charge on any atom is -0.291 e. The van der Waals surface area contributed by atoms with Crippen LogP contribution in [0.1, 0.15) is 20.0 Å². The lowest BCUT2D eigenvalue weighted by molar-refractivity contribution is 0.0821. The Kier molecular flexibility index (Phi) is 3.42. The predicted molar refractivity (Wildman–Crippen MR) is 78.8 cm³/mol. The Morgan fingerprint density at radius 3 is 2.71 bits per heavy atom. The van der Waals surface area contributed by atoms with E-state index in [2.05, 4.69) is 20.9 Å². The van der Waals surface area contributed by atoms with Gasteiger partial charge < -0.3 is 0 Å². The maximum absolute atomic E-state index is 12.3. The van der Waals surface area contributed by atoms with Gasteiger partial charge in [0.2, 0.25) is 0 Å². The number of rotatable bonds is 3. The molecule has 0 N–H and O–H groups in total. The van der Waals surface area contributed by atoms with E-state index in [-0.39, 0.29) is 10.6 Å². The van der Waals surface area contributed by atoms with E-state index in [9.17, 15) is 18.0 Å². The Bertz CT molecular complexity index is 860. The zero-order valence-corrected chi connectivity index (χ0v) is 13.5. The minimum absolute atomic E-state index is 0.00217. The first-order valence-electron chi connectivity index (χ1n) is 5.72. The van der Waals surface area contributed by atoms with Crippen molar-refractivity contribution in [1.29, 1.82) is 0 Å². The first-order valence-corrected chi connectivity index (χ1v) is 8.77. The van der Waals surface area contributed by atoms with Crippen LogP contribution in [-0.2, 0) is 10.0 Å². The molecule has 3 heterocycles. The largest absolute Gasteiger partial charge is 0.291 e. The van der Waals surface area contributed by atoms with Gasteiger partial charge in [-0.05, 0) is 40.2 Å². The van der Waals surface area contributed by atoms with Crippen molar-refractivity contribution in [1.82, 2.24) is 9.29 Å². The molecule has 0 aromatic carbocycles. The summed E-state index contributed by atoms with van der Waals surface area (Å²) in [6.45, 7) is -0.523. The first kappa shape index (κ1) is 14.4. The quantitative estimate of drug-likeness (QED) is 0.752. The molecule has 108 valence electrons. The summed E-state index contributed by atoms with van der Waals surface area (Å²) in [5.41, 5.74) is -0.00217. The molecule has 0 fully saturated rings. The summed E-state index contributed by atoms with van der Waals surface area (Å²) in [6, 6.07) is 6.13. The number of Topliss-reactive ketones (excluding diaryl/α,β-unsaturated/α-hetero) is 1. The number of hydrogen-bond acceptors (Lipinski definition) is 6. The average molecular weight is 387 g/mol. The topological polar surface area (TPSA) is 84.4 Å². The van der Waals surface area contributed by atoms with Gasteiger partial charge in [-0.1, -0.05) is 0 Å². The Balaban J connectivity index is 1.94. The molecule has 3 rings (SSSR count). The molecule has 6 nitrogen and oxygen atoms in total. The molecule has 0 saturated carbocycles. The molecule has 1 aliphatic heterocycles. The molecule has 0 saturated heterocycles. The van der Waals surface area contributed by atoms with Crippen molar-refractivity contribution >= 4 is 49.0 Å². The molecule has 2 aromatic rings. The van der Waals surface area contributed by atoms with Crippen molar-refractivity contribution in [2.75, 3.05) is 6.54 Å². The number of pyridine rings is 1. The number of ketones is 1. The molecular weight excluding hydrogens is 380 g/mol. The van der Waals surface area contributed by atoms with Gasteiger partial charge in [0.25, 0.3) is 15.9 Å². The van der Waals surface area contributed by atoms with Crippen LogP contribution in [0.3, 0.4) is 0 Å². The molecule has 0 spiro atoms. The fraction of sp³-hybridized carbons (Fsp3) is 0.0833. The third-order valence-electron chi connectivity index (χ3n) is 2.90. The summed E-state index contributed by atoms with van der Waals surface area (Å²) in [5, 5.41) is -0.296. The number of fused-ring (bicyclic) bond motifs is 1. The van der Waals surface area contributed by atoms with E-state index in [0.29, 0.717) is 9.18 Å². The third-order valence-corrected chi connectivity index (χ3v) is 6.25. The number of sulfonamides is 1. The molecule has 1 amide bonds. The Hall–Kier alpha value is -1.58. The molecule has 0 unspecified atom stereocenters. The van der Waals surface area contributed by atoms with E-state index in [4.69, 9.17) is 0 Å². The highest BCUT2D eigenvalue weighted by molar-refractivity contribution is 9.11. The van der Waals surface area contributed by atoms with Gasteiger partial charge in [-0.25, -0.2) is 9.29 Å². The molecule has 0 aliphatic carbocycles. The van der Waals surface area contributed by atoms with E-state index >= 15 is 0 Å². The van der Waals surface area contributed by atoms with Crippen LogP contribution in [0.5, 0.6) is 0 Å². The standard InChI is InChI=1S/C12H7BrN2O4S2/c13-10-4-3-9(20-10)8(16)6-15-12(17)7-2-1-5-14-11(7)21(15,18)19/h1-5H,6H2. The summed E-state index contributed by atoms with van der Waals surface area (Å²) < 4.78 is 25.8. The minimum atomic E-state index is -4.05. The number of carbonyl (C=O) groups is 2. The first-order chi connectivity index (χ1) is 9.91. The number of nitrogens with zero attached hydrogens (tertiary/aromatic N) is 2. The maximum atomic E-state index is 12.3. The Labute approximate surface area is 132 Å². The van der Waals surface area contributed by atoms with E-state index in [0.717, 1.165) is 3.79 Å². The van der Waals surface area contributed by atoms with Crippen molar-refractivity contribution < 1.29 is 18.0 Å². The summed E-state index contributed by atoms with van der Waals surface area (Å²) in [5.74, 6) is -1.16. The fourth-order valence-electron chi connectivity index (χ4n) is 1.94. The van der Waals surface area contributed by atoms with Gasteiger partial charge in [0.05, 0.1) is 14.2 Å². The number of hydrogen-bond donors (Lipinski definition) is 0. The lowest BCUT2D eigenvalue weighted by atomic mass is 10.2.